The number of rotatable bonds is 8. The van der Waals surface area contributed by atoms with Gasteiger partial charge in [0, 0.05) is 50.4 Å². The number of nitrogens with zero attached hydrogens (tertiary/aromatic N) is 3. The van der Waals surface area contributed by atoms with Crippen molar-refractivity contribution in [3.8, 4) is 5.75 Å². The van der Waals surface area contributed by atoms with Gasteiger partial charge >= 0.3 is 0 Å². The van der Waals surface area contributed by atoms with E-state index in [0.717, 1.165) is 11.3 Å². The van der Waals surface area contributed by atoms with E-state index in [1.807, 2.05) is 36.4 Å². The molecule has 0 bridgehead atoms. The maximum Gasteiger partial charge on any atom is 0.243 e. The standard InChI is InChI=1S/C27H30ClN3O4S/c1-29(36(33,34)25-9-4-3-5-10-25)26(21-11-13-24(35-2)14-12-21)20-27(32)31-17-15-30(16-18-31)23-8-6-7-22(28)19-23/h3-14,19,26H,15-18,20H2,1-2H3/t26-/m1/s1. The van der Waals surface area contributed by atoms with Gasteiger partial charge in [0.25, 0.3) is 0 Å². The summed E-state index contributed by atoms with van der Waals surface area (Å²) in [5.41, 5.74) is 1.75. The Hall–Kier alpha value is -3.07. The summed E-state index contributed by atoms with van der Waals surface area (Å²) < 4.78 is 33.4. The molecule has 4 rings (SSSR count). The number of ether oxygens (including phenoxy) is 1. The van der Waals surface area contributed by atoms with Crippen LogP contribution in [-0.2, 0) is 14.8 Å². The van der Waals surface area contributed by atoms with Crippen molar-refractivity contribution in [2.45, 2.75) is 17.4 Å². The van der Waals surface area contributed by atoms with Crippen molar-refractivity contribution in [3.63, 3.8) is 0 Å². The van der Waals surface area contributed by atoms with Crippen LogP contribution in [0.25, 0.3) is 0 Å². The van der Waals surface area contributed by atoms with E-state index in [-0.39, 0.29) is 17.2 Å². The second-order valence-electron chi connectivity index (χ2n) is 8.68. The van der Waals surface area contributed by atoms with Crippen LogP contribution < -0.4 is 9.64 Å². The van der Waals surface area contributed by atoms with Gasteiger partial charge in [-0.3, -0.25) is 4.79 Å². The van der Waals surface area contributed by atoms with E-state index < -0.39 is 16.1 Å². The number of piperazine rings is 1. The molecule has 1 aliphatic rings. The van der Waals surface area contributed by atoms with Crippen molar-refractivity contribution in [3.05, 3.63) is 89.4 Å². The SMILES string of the molecule is COc1ccc([C@@H](CC(=O)N2CCN(c3cccc(Cl)c3)CC2)N(C)S(=O)(=O)c2ccccc2)cc1. The predicted octanol–water partition coefficient (Wildman–Crippen LogP) is 4.45. The molecule has 7 nitrogen and oxygen atoms in total. The predicted molar refractivity (Wildman–Crippen MR) is 142 cm³/mol. The van der Waals surface area contributed by atoms with E-state index in [9.17, 15) is 13.2 Å². The number of halogens is 1. The summed E-state index contributed by atoms with van der Waals surface area (Å²) in [6.07, 6.45) is 0.0338. The molecule has 36 heavy (non-hydrogen) atoms. The quantitative estimate of drug-likeness (QED) is 0.433. The number of sulfonamides is 1. The first-order chi connectivity index (χ1) is 17.3. The third-order valence-electron chi connectivity index (χ3n) is 6.53. The molecule has 0 unspecified atom stereocenters. The van der Waals surface area contributed by atoms with Gasteiger partial charge in [-0.15, -0.1) is 0 Å². The molecule has 9 heteroatoms. The normalized spacial score (nSPS) is 15.1. The Kier molecular flexibility index (Phi) is 8.18. The summed E-state index contributed by atoms with van der Waals surface area (Å²) in [5.74, 6) is 0.575. The highest BCUT2D eigenvalue weighted by Gasteiger charge is 2.33. The van der Waals surface area contributed by atoms with Gasteiger partial charge in [-0.05, 0) is 48.0 Å². The molecule has 1 fully saturated rings. The third-order valence-corrected chi connectivity index (χ3v) is 8.65. The second kappa shape index (κ2) is 11.3. The Balaban J connectivity index is 1.52. The van der Waals surface area contributed by atoms with Gasteiger partial charge < -0.3 is 14.5 Å². The highest BCUT2D eigenvalue weighted by Crippen LogP contribution is 2.31. The van der Waals surface area contributed by atoms with E-state index in [1.54, 1.807) is 54.5 Å². The smallest absolute Gasteiger partial charge is 0.243 e. The van der Waals surface area contributed by atoms with Crippen LogP contribution in [0.5, 0.6) is 5.75 Å². The molecule has 1 atom stereocenters. The number of methoxy groups -OCH3 is 1. The van der Waals surface area contributed by atoms with Crippen LogP contribution in [0.4, 0.5) is 5.69 Å². The van der Waals surface area contributed by atoms with Crippen molar-refractivity contribution >= 4 is 33.2 Å². The Bertz CT molecular complexity index is 1280. The summed E-state index contributed by atoms with van der Waals surface area (Å²) in [7, 11) is -0.713. The number of carbonyl (C=O) groups excluding carboxylic acids is 1. The first-order valence-corrected chi connectivity index (χ1v) is 13.6. The van der Waals surface area contributed by atoms with Crippen LogP contribution in [0.3, 0.4) is 0 Å². The molecule has 0 spiro atoms. The highest BCUT2D eigenvalue weighted by molar-refractivity contribution is 7.89. The lowest BCUT2D eigenvalue weighted by Crippen LogP contribution is -2.49. The van der Waals surface area contributed by atoms with Crippen LogP contribution in [-0.4, -0.2) is 63.9 Å². The Labute approximate surface area is 217 Å². The van der Waals surface area contributed by atoms with Crippen molar-refractivity contribution in [2.24, 2.45) is 0 Å². The van der Waals surface area contributed by atoms with Crippen molar-refractivity contribution < 1.29 is 17.9 Å². The van der Waals surface area contributed by atoms with Crippen LogP contribution in [0.15, 0.2) is 83.8 Å². The average Bonchev–Trinajstić information content (AvgIpc) is 2.92. The largest absolute Gasteiger partial charge is 0.497 e. The maximum atomic E-state index is 13.4. The first-order valence-electron chi connectivity index (χ1n) is 11.7. The molecule has 190 valence electrons. The molecular formula is C27H30ClN3O4S. The summed E-state index contributed by atoms with van der Waals surface area (Å²) in [6.45, 7) is 2.46. The van der Waals surface area contributed by atoms with Gasteiger partial charge in [0.1, 0.15) is 5.75 Å². The zero-order chi connectivity index (χ0) is 25.7. The molecule has 0 saturated carbocycles. The van der Waals surface area contributed by atoms with E-state index in [4.69, 9.17) is 16.3 Å². The number of hydrogen-bond acceptors (Lipinski definition) is 5. The Morgan fingerprint density at radius 1 is 0.972 bits per heavy atom. The molecular weight excluding hydrogens is 498 g/mol. The number of amides is 1. The van der Waals surface area contributed by atoms with Gasteiger partial charge in [0.05, 0.1) is 18.0 Å². The minimum absolute atomic E-state index is 0.0338. The molecule has 0 radical (unpaired) electrons. The molecule has 1 aliphatic heterocycles. The fraction of sp³-hybridized carbons (Fsp3) is 0.296. The summed E-state index contributed by atoms with van der Waals surface area (Å²) in [5, 5.41) is 0.677. The first kappa shape index (κ1) is 26.0. The summed E-state index contributed by atoms with van der Waals surface area (Å²) in [4.78, 5) is 17.6. The fourth-order valence-electron chi connectivity index (χ4n) is 4.39. The van der Waals surface area contributed by atoms with Gasteiger partial charge in [-0.2, -0.15) is 4.31 Å². The molecule has 0 N–H and O–H groups in total. The molecule has 0 aromatic heterocycles. The average molecular weight is 528 g/mol. The van der Waals surface area contributed by atoms with Crippen molar-refractivity contribution in [1.29, 1.82) is 0 Å². The topological polar surface area (TPSA) is 70.2 Å². The lowest BCUT2D eigenvalue weighted by Gasteiger charge is -2.37. The van der Waals surface area contributed by atoms with Gasteiger partial charge in [0.2, 0.25) is 15.9 Å². The minimum Gasteiger partial charge on any atom is -0.497 e. The van der Waals surface area contributed by atoms with E-state index >= 15 is 0 Å². The van der Waals surface area contributed by atoms with Crippen molar-refractivity contribution in [2.75, 3.05) is 45.2 Å². The lowest BCUT2D eigenvalue weighted by molar-refractivity contribution is -0.132. The molecule has 3 aromatic carbocycles. The number of carbonyl (C=O) groups is 1. The monoisotopic (exact) mass is 527 g/mol. The molecule has 1 amide bonds. The molecule has 1 saturated heterocycles. The zero-order valence-electron chi connectivity index (χ0n) is 20.4. The zero-order valence-corrected chi connectivity index (χ0v) is 22.0. The van der Waals surface area contributed by atoms with Gasteiger partial charge in [0.15, 0.2) is 0 Å². The van der Waals surface area contributed by atoms with Crippen LogP contribution in [0.1, 0.15) is 18.0 Å². The molecule has 1 heterocycles. The van der Waals surface area contributed by atoms with Crippen LogP contribution in [0, 0.1) is 0 Å². The highest BCUT2D eigenvalue weighted by atomic mass is 35.5. The lowest BCUT2D eigenvalue weighted by atomic mass is 10.0. The number of benzene rings is 3. The number of anilines is 1. The maximum absolute atomic E-state index is 13.4. The minimum atomic E-state index is -3.82. The Morgan fingerprint density at radius 2 is 1.64 bits per heavy atom. The van der Waals surface area contributed by atoms with Gasteiger partial charge in [-0.25, -0.2) is 8.42 Å². The van der Waals surface area contributed by atoms with Crippen LogP contribution in [0.2, 0.25) is 5.02 Å². The van der Waals surface area contributed by atoms with E-state index in [0.29, 0.717) is 37.0 Å². The fourth-order valence-corrected chi connectivity index (χ4v) is 5.94. The molecule has 3 aromatic rings. The van der Waals surface area contributed by atoms with E-state index in [1.165, 1.54) is 11.4 Å². The third kappa shape index (κ3) is 5.83. The summed E-state index contributed by atoms with van der Waals surface area (Å²) in [6, 6.07) is 22.5. The second-order valence-corrected chi connectivity index (χ2v) is 11.1. The van der Waals surface area contributed by atoms with Crippen molar-refractivity contribution in [1.82, 2.24) is 9.21 Å². The Morgan fingerprint density at radius 3 is 2.25 bits per heavy atom. The van der Waals surface area contributed by atoms with E-state index in [2.05, 4.69) is 4.90 Å². The van der Waals surface area contributed by atoms with Gasteiger partial charge in [-0.1, -0.05) is 48.0 Å². The molecule has 0 aliphatic carbocycles. The number of hydrogen-bond donors (Lipinski definition) is 0. The van der Waals surface area contributed by atoms with Crippen LogP contribution >= 0.6 is 11.6 Å². The summed E-state index contributed by atoms with van der Waals surface area (Å²) >= 11 is 6.14.